The maximum Gasteiger partial charge on any atom is 0.335 e. The summed E-state index contributed by atoms with van der Waals surface area (Å²) in [6.07, 6.45) is -0.0109. The number of aliphatic hydroxyl groups is 6. The highest BCUT2D eigenvalue weighted by Gasteiger charge is 2.40. The largest absolute Gasteiger partial charge is 0.479 e. The Kier molecular flexibility index (Phi) is 35.7. The molecular weight excluding hydrogens is 1070 g/mol. The van der Waals surface area contributed by atoms with E-state index < -0.39 is 176 Å². The fourth-order valence-corrected chi connectivity index (χ4v) is 8.09. The molecule has 462 valence electrons. The molecule has 12 atom stereocenters. The van der Waals surface area contributed by atoms with Crippen molar-refractivity contribution < 1.29 is 93.2 Å². The summed E-state index contributed by atoms with van der Waals surface area (Å²) in [6.45, 7) is 0.576. The van der Waals surface area contributed by atoms with Gasteiger partial charge in [-0.1, -0.05) is 70.8 Å². The maximum absolute atomic E-state index is 14.1. The lowest BCUT2D eigenvalue weighted by atomic mass is 10.0. The summed E-state index contributed by atoms with van der Waals surface area (Å²) in [4.78, 5) is 150. The van der Waals surface area contributed by atoms with Gasteiger partial charge in [0.2, 0.25) is 47.3 Å². The van der Waals surface area contributed by atoms with E-state index in [9.17, 15) is 88.5 Å². The van der Waals surface area contributed by atoms with Crippen molar-refractivity contribution in [3.63, 3.8) is 0 Å². The van der Waals surface area contributed by atoms with Crippen LogP contribution in [0.4, 0.5) is 0 Å². The van der Waals surface area contributed by atoms with Crippen LogP contribution in [0.2, 0.25) is 0 Å². The SMILES string of the molecule is C/C=C1\NC(=O)[C@H]([C@H](C)O)NC(=O)C(CCCN)NC(=O)C(CCO)NC(=O)[C@H](CCN)NC(=O)C(CCN)NC(=O)C(NC(=O)CC(O)CCCCCCCCCCC)COC(=O)C([C@H](O)CO)NC(=O)[C@H](C(O)C(=O)O)NC1=O. The molecule has 0 aromatic heterocycles. The Hall–Kier alpha value is -6.45. The molecule has 1 heterocycles. The first kappa shape index (κ1) is 72.6. The molecule has 1 aliphatic heterocycles. The zero-order valence-electron chi connectivity index (χ0n) is 46.3. The zero-order valence-corrected chi connectivity index (χ0v) is 46.3. The van der Waals surface area contributed by atoms with Gasteiger partial charge in [-0.15, -0.1) is 0 Å². The van der Waals surface area contributed by atoms with E-state index in [0.717, 1.165) is 64.4 Å². The van der Waals surface area contributed by atoms with Crippen LogP contribution in [-0.4, -0.2) is 213 Å². The molecule has 0 radical (unpaired) electrons. The number of ether oxygens (including phenoxy) is 1. The number of rotatable bonds is 27. The number of carboxylic acids is 1. The predicted octanol–water partition coefficient (Wildman–Crippen LogP) is -6.89. The number of aliphatic hydroxyl groups excluding tert-OH is 6. The van der Waals surface area contributed by atoms with E-state index in [4.69, 9.17) is 21.9 Å². The number of allylic oxidation sites excluding steroid dienone is 1. The minimum atomic E-state index is -2.84. The molecule has 31 nitrogen and oxygen atoms in total. The molecule has 81 heavy (non-hydrogen) atoms. The summed E-state index contributed by atoms with van der Waals surface area (Å²) in [7, 11) is 0. The van der Waals surface area contributed by atoms with Crippen LogP contribution in [0.25, 0.3) is 0 Å². The number of nitrogens with one attached hydrogen (secondary N) is 9. The fourth-order valence-electron chi connectivity index (χ4n) is 8.09. The number of carbonyl (C=O) groups is 11. The Balaban J connectivity index is 3.94. The Labute approximate surface area is 469 Å². The molecule has 0 aromatic carbocycles. The van der Waals surface area contributed by atoms with Gasteiger partial charge in [0.15, 0.2) is 12.1 Å². The van der Waals surface area contributed by atoms with Gasteiger partial charge in [0.1, 0.15) is 60.7 Å². The van der Waals surface area contributed by atoms with Crippen molar-refractivity contribution in [3.8, 4) is 0 Å². The van der Waals surface area contributed by atoms with Crippen molar-refractivity contribution >= 4 is 65.1 Å². The highest BCUT2D eigenvalue weighted by atomic mass is 16.5. The van der Waals surface area contributed by atoms with Crippen molar-refractivity contribution in [2.75, 3.05) is 39.5 Å². The van der Waals surface area contributed by atoms with Crippen LogP contribution in [0.15, 0.2) is 11.8 Å². The van der Waals surface area contributed by atoms with Crippen LogP contribution < -0.4 is 65.1 Å². The average molecular weight is 1160 g/mol. The van der Waals surface area contributed by atoms with Crippen LogP contribution in [0.3, 0.4) is 0 Å². The summed E-state index contributed by atoms with van der Waals surface area (Å²) in [5.41, 5.74) is 16.5. The van der Waals surface area contributed by atoms with Gasteiger partial charge in [0.25, 0.3) is 5.91 Å². The van der Waals surface area contributed by atoms with E-state index in [2.05, 4.69) is 44.1 Å². The van der Waals surface area contributed by atoms with Gasteiger partial charge < -0.3 is 106 Å². The summed E-state index contributed by atoms with van der Waals surface area (Å²) < 4.78 is 5.24. The van der Waals surface area contributed by atoms with E-state index in [1.807, 2.05) is 10.6 Å². The second-order valence-electron chi connectivity index (χ2n) is 19.5. The second kappa shape index (κ2) is 39.9. The number of nitrogens with two attached hydrogens (primary N) is 3. The molecule has 0 saturated carbocycles. The van der Waals surface area contributed by atoms with Gasteiger partial charge in [-0.05, 0) is 72.0 Å². The Bertz CT molecular complexity index is 2090. The van der Waals surface area contributed by atoms with Crippen LogP contribution in [0, 0.1) is 0 Å². The first-order valence-corrected chi connectivity index (χ1v) is 27.3. The fraction of sp³-hybridized carbons (Fsp3) is 0.740. The minimum Gasteiger partial charge on any atom is -0.479 e. The molecule has 1 rings (SSSR count). The van der Waals surface area contributed by atoms with E-state index in [0.29, 0.717) is 6.42 Å². The van der Waals surface area contributed by atoms with E-state index in [1.54, 1.807) is 0 Å². The predicted molar refractivity (Wildman–Crippen MR) is 287 cm³/mol. The molecule has 9 amide bonds. The summed E-state index contributed by atoms with van der Waals surface area (Å²) in [5, 5.41) is 92.2. The van der Waals surface area contributed by atoms with Gasteiger partial charge in [-0.25, -0.2) is 9.59 Å². The van der Waals surface area contributed by atoms with Gasteiger partial charge >= 0.3 is 11.9 Å². The van der Waals surface area contributed by atoms with Crippen molar-refractivity contribution in [2.45, 2.75) is 196 Å². The number of esters is 1. The molecule has 0 bridgehead atoms. The standard InChI is InChI=1S/C50H88N12O19/c1-4-6-7-8-9-10-11-12-13-15-28(66)24-36(68)54-34-26-81-50(80)38(35(67)25-64)61-48(77)39(40(69)49(78)79)62-41(70)29(5-2)55-47(76)37(27(3)65)60-45(74)30(16-14-20-51)56-44(73)33(19-23-63)59-43(72)31(17-21-52)57-42(71)32(18-22-53)58-46(34)75/h5,27-28,30-35,37-40,63-67,69H,4,6-26,51-53H2,1-3H3,(H,54,68)(H,55,76)(H,56,73)(H,57,71)(H,58,75)(H,59,72)(H,60,74)(H,61,77)(H,62,70)(H,78,79)/b29-5-/t27-,28?,30?,31-,32?,33?,34?,35+,37-,38?,39-,40?/m0/s1. The third kappa shape index (κ3) is 26.8. The van der Waals surface area contributed by atoms with Crippen molar-refractivity contribution in [2.24, 2.45) is 17.2 Å². The van der Waals surface area contributed by atoms with Gasteiger partial charge in [0.05, 0.1) is 25.2 Å². The van der Waals surface area contributed by atoms with Gasteiger partial charge in [-0.2, -0.15) is 0 Å². The first-order valence-electron chi connectivity index (χ1n) is 27.3. The number of hydrogen-bond acceptors (Lipinski definition) is 21. The number of carbonyl (C=O) groups excluding carboxylic acids is 10. The zero-order chi connectivity index (χ0) is 61.2. The monoisotopic (exact) mass is 1160 g/mol. The lowest BCUT2D eigenvalue weighted by Gasteiger charge is -2.29. The Morgan fingerprint density at radius 2 is 1.11 bits per heavy atom. The van der Waals surface area contributed by atoms with Crippen molar-refractivity contribution in [3.05, 3.63) is 11.8 Å². The third-order valence-corrected chi connectivity index (χ3v) is 12.8. The Morgan fingerprint density at radius 3 is 1.59 bits per heavy atom. The topological polar surface area (TPSA) is 525 Å². The van der Waals surface area contributed by atoms with E-state index >= 15 is 0 Å². The molecule has 7 unspecified atom stereocenters. The number of carboxylic acid groups (broad SMARTS) is 1. The molecule has 1 aliphatic rings. The summed E-state index contributed by atoms with van der Waals surface area (Å²) in [6, 6.07) is -15.3. The molecule has 0 spiro atoms. The molecule has 0 aromatic rings. The normalized spacial score (nSPS) is 24.9. The van der Waals surface area contributed by atoms with E-state index in [-0.39, 0.29) is 51.7 Å². The number of hydrogen-bond donors (Lipinski definition) is 19. The number of unbranched alkanes of at least 4 members (excludes halogenated alkanes) is 8. The second-order valence-corrected chi connectivity index (χ2v) is 19.5. The van der Waals surface area contributed by atoms with Crippen LogP contribution in [0.5, 0.6) is 0 Å². The summed E-state index contributed by atoms with van der Waals surface area (Å²) in [5.74, 6) is -14.9. The Morgan fingerprint density at radius 1 is 0.617 bits per heavy atom. The van der Waals surface area contributed by atoms with Gasteiger partial charge in [0, 0.05) is 6.61 Å². The maximum atomic E-state index is 14.1. The first-order chi connectivity index (χ1) is 38.4. The lowest BCUT2D eigenvalue weighted by molar-refractivity contribution is -0.156. The molecule has 1 saturated heterocycles. The molecule has 1 fully saturated rings. The quantitative estimate of drug-likeness (QED) is 0.0206. The van der Waals surface area contributed by atoms with Crippen LogP contribution in [-0.2, 0) is 57.5 Å². The number of amides is 9. The third-order valence-electron chi connectivity index (χ3n) is 12.8. The van der Waals surface area contributed by atoms with Crippen LogP contribution >= 0.6 is 0 Å². The molecule has 31 heteroatoms. The number of cyclic esters (lactones) is 1. The highest BCUT2D eigenvalue weighted by Crippen LogP contribution is 2.14. The highest BCUT2D eigenvalue weighted by molar-refractivity contribution is 6.03. The molecule has 0 aliphatic carbocycles. The van der Waals surface area contributed by atoms with E-state index in [1.165, 1.54) is 6.92 Å². The van der Waals surface area contributed by atoms with Crippen molar-refractivity contribution in [1.82, 2.24) is 47.9 Å². The van der Waals surface area contributed by atoms with Gasteiger partial charge in [-0.3, -0.25) is 43.2 Å². The number of aliphatic carboxylic acids is 1. The smallest absolute Gasteiger partial charge is 0.335 e. The molecule has 22 N–H and O–H groups in total. The molecular formula is C50H88N12O19. The lowest BCUT2D eigenvalue weighted by Crippen LogP contribution is -2.62. The minimum absolute atomic E-state index is 0.0239. The summed E-state index contributed by atoms with van der Waals surface area (Å²) >= 11 is 0. The van der Waals surface area contributed by atoms with Crippen molar-refractivity contribution in [1.29, 1.82) is 0 Å². The average Bonchev–Trinajstić information content (AvgIpc) is 3.45. The van der Waals surface area contributed by atoms with Crippen LogP contribution in [0.1, 0.15) is 124 Å².